The van der Waals surface area contributed by atoms with Crippen molar-refractivity contribution in [3.8, 4) is 0 Å². The smallest absolute Gasteiger partial charge is 0.157 e. The maximum Gasteiger partial charge on any atom is 0.157 e. The summed E-state index contributed by atoms with van der Waals surface area (Å²) in [6.07, 6.45) is 5.58. The van der Waals surface area contributed by atoms with Crippen molar-refractivity contribution in [3.05, 3.63) is 35.4 Å². The van der Waals surface area contributed by atoms with Gasteiger partial charge in [0, 0.05) is 6.61 Å². The van der Waals surface area contributed by atoms with Gasteiger partial charge in [0.15, 0.2) is 6.29 Å². The van der Waals surface area contributed by atoms with Gasteiger partial charge in [0.25, 0.3) is 0 Å². The first-order valence-corrected chi connectivity index (χ1v) is 6.69. The average Bonchev–Trinajstić information content (AvgIpc) is 2.41. The molecule has 0 radical (unpaired) electrons. The van der Waals surface area contributed by atoms with Gasteiger partial charge >= 0.3 is 0 Å². The molecule has 1 aromatic rings. The maximum absolute atomic E-state index is 5.72. The molecule has 1 atom stereocenters. The van der Waals surface area contributed by atoms with E-state index >= 15 is 0 Å². The molecular weight excluding hydrogens is 212 g/mol. The summed E-state index contributed by atoms with van der Waals surface area (Å²) in [7, 11) is 0. The summed E-state index contributed by atoms with van der Waals surface area (Å²) in [5.74, 6) is 0. The number of hydrogen-bond acceptors (Lipinski definition) is 2. The molecule has 1 saturated heterocycles. The van der Waals surface area contributed by atoms with Gasteiger partial charge in [0.05, 0.1) is 6.61 Å². The summed E-state index contributed by atoms with van der Waals surface area (Å²) in [6.45, 7) is 3.80. The number of hydrogen-bond donors (Lipinski definition) is 0. The molecule has 0 aromatic heterocycles. The number of benzene rings is 1. The van der Waals surface area contributed by atoms with Gasteiger partial charge in [-0.15, -0.1) is 0 Å². The number of aryl methyl sites for hydroxylation is 1. The van der Waals surface area contributed by atoms with Crippen LogP contribution in [-0.2, 0) is 22.3 Å². The Balaban J connectivity index is 1.69. The predicted molar refractivity (Wildman–Crippen MR) is 69.1 cm³/mol. The molecule has 2 nitrogen and oxygen atoms in total. The third-order valence-corrected chi connectivity index (χ3v) is 3.26. The van der Waals surface area contributed by atoms with Crippen LogP contribution in [0.4, 0.5) is 0 Å². The highest BCUT2D eigenvalue weighted by molar-refractivity contribution is 5.22. The molecule has 1 heterocycles. The zero-order valence-corrected chi connectivity index (χ0v) is 10.7. The van der Waals surface area contributed by atoms with Crippen LogP contribution in [-0.4, -0.2) is 19.5 Å². The maximum atomic E-state index is 5.72. The van der Waals surface area contributed by atoms with Crippen molar-refractivity contribution in [3.63, 3.8) is 0 Å². The normalized spacial score (nSPS) is 20.4. The van der Waals surface area contributed by atoms with E-state index in [9.17, 15) is 0 Å². The predicted octanol–water partition coefficient (Wildman–Crippen LogP) is 3.33. The van der Waals surface area contributed by atoms with Crippen molar-refractivity contribution in [2.45, 2.75) is 45.3 Å². The minimum Gasteiger partial charge on any atom is -0.353 e. The fraction of sp³-hybridized carbons (Fsp3) is 0.600. The summed E-state index contributed by atoms with van der Waals surface area (Å²) in [4.78, 5) is 0. The SMILES string of the molecule is CCc1ccc(CCOC2CCCCO2)cc1. The second kappa shape index (κ2) is 6.77. The highest BCUT2D eigenvalue weighted by Crippen LogP contribution is 2.14. The quantitative estimate of drug-likeness (QED) is 0.778. The van der Waals surface area contributed by atoms with E-state index in [1.165, 1.54) is 24.0 Å². The Kier molecular flexibility index (Phi) is 5.02. The van der Waals surface area contributed by atoms with E-state index in [0.29, 0.717) is 0 Å². The Bertz CT molecular complexity index is 312. The Morgan fingerprint density at radius 1 is 1.18 bits per heavy atom. The number of ether oxygens (including phenoxy) is 2. The van der Waals surface area contributed by atoms with Crippen molar-refractivity contribution in [1.82, 2.24) is 0 Å². The monoisotopic (exact) mass is 234 g/mol. The van der Waals surface area contributed by atoms with E-state index in [0.717, 1.165) is 32.5 Å². The van der Waals surface area contributed by atoms with Crippen molar-refractivity contribution in [1.29, 1.82) is 0 Å². The molecule has 0 bridgehead atoms. The molecule has 0 aliphatic carbocycles. The van der Waals surface area contributed by atoms with E-state index in [2.05, 4.69) is 31.2 Å². The van der Waals surface area contributed by atoms with E-state index in [1.54, 1.807) is 0 Å². The van der Waals surface area contributed by atoms with Crippen LogP contribution in [0.15, 0.2) is 24.3 Å². The molecule has 0 spiro atoms. The molecule has 0 amide bonds. The molecule has 1 fully saturated rings. The molecule has 2 heteroatoms. The fourth-order valence-electron chi connectivity index (χ4n) is 2.09. The molecule has 1 aliphatic rings. The van der Waals surface area contributed by atoms with E-state index in [1.807, 2.05) is 0 Å². The topological polar surface area (TPSA) is 18.5 Å². The van der Waals surface area contributed by atoms with Crippen LogP contribution in [0.25, 0.3) is 0 Å². The Labute approximate surface area is 104 Å². The lowest BCUT2D eigenvalue weighted by molar-refractivity contribution is -0.161. The summed E-state index contributed by atoms with van der Waals surface area (Å²) in [5.41, 5.74) is 2.74. The Morgan fingerprint density at radius 2 is 1.94 bits per heavy atom. The summed E-state index contributed by atoms with van der Waals surface area (Å²) in [5, 5.41) is 0. The Morgan fingerprint density at radius 3 is 2.59 bits per heavy atom. The molecule has 1 aliphatic heterocycles. The second-order valence-electron chi connectivity index (χ2n) is 4.59. The number of rotatable bonds is 5. The van der Waals surface area contributed by atoms with E-state index in [-0.39, 0.29) is 6.29 Å². The summed E-state index contributed by atoms with van der Waals surface area (Å²) < 4.78 is 11.3. The molecule has 0 saturated carbocycles. The largest absolute Gasteiger partial charge is 0.353 e. The first-order valence-electron chi connectivity index (χ1n) is 6.69. The molecule has 94 valence electrons. The van der Waals surface area contributed by atoms with Crippen LogP contribution < -0.4 is 0 Å². The first kappa shape index (κ1) is 12.6. The lowest BCUT2D eigenvalue weighted by Crippen LogP contribution is -2.23. The fourth-order valence-corrected chi connectivity index (χ4v) is 2.09. The molecule has 1 unspecified atom stereocenters. The highest BCUT2D eigenvalue weighted by atomic mass is 16.7. The second-order valence-corrected chi connectivity index (χ2v) is 4.59. The van der Waals surface area contributed by atoms with Crippen LogP contribution in [0.1, 0.15) is 37.3 Å². The van der Waals surface area contributed by atoms with Gasteiger partial charge in [-0.25, -0.2) is 0 Å². The Hall–Kier alpha value is -0.860. The molecule has 2 rings (SSSR count). The first-order chi connectivity index (χ1) is 8.38. The lowest BCUT2D eigenvalue weighted by atomic mass is 10.1. The van der Waals surface area contributed by atoms with Gasteiger partial charge < -0.3 is 9.47 Å². The lowest BCUT2D eigenvalue weighted by Gasteiger charge is -2.22. The standard InChI is InChI=1S/C15H22O2/c1-2-13-6-8-14(9-7-13)10-12-17-15-5-3-4-11-16-15/h6-9,15H,2-5,10-12H2,1H3. The third kappa shape index (κ3) is 4.14. The highest BCUT2D eigenvalue weighted by Gasteiger charge is 2.13. The molecular formula is C15H22O2. The van der Waals surface area contributed by atoms with Crippen LogP contribution in [0, 0.1) is 0 Å². The summed E-state index contributed by atoms with van der Waals surface area (Å²) in [6, 6.07) is 8.80. The molecule has 1 aromatic carbocycles. The van der Waals surface area contributed by atoms with Crippen LogP contribution in [0.3, 0.4) is 0 Å². The van der Waals surface area contributed by atoms with Crippen LogP contribution in [0.5, 0.6) is 0 Å². The van der Waals surface area contributed by atoms with Crippen molar-refractivity contribution >= 4 is 0 Å². The van der Waals surface area contributed by atoms with Crippen molar-refractivity contribution < 1.29 is 9.47 Å². The average molecular weight is 234 g/mol. The van der Waals surface area contributed by atoms with Gasteiger partial charge in [-0.05, 0) is 43.2 Å². The van der Waals surface area contributed by atoms with Gasteiger partial charge in [0.1, 0.15) is 0 Å². The molecule has 17 heavy (non-hydrogen) atoms. The van der Waals surface area contributed by atoms with Gasteiger partial charge in [0.2, 0.25) is 0 Å². The third-order valence-electron chi connectivity index (χ3n) is 3.26. The van der Waals surface area contributed by atoms with Crippen molar-refractivity contribution in [2.75, 3.05) is 13.2 Å². The zero-order valence-electron chi connectivity index (χ0n) is 10.7. The van der Waals surface area contributed by atoms with Crippen molar-refractivity contribution in [2.24, 2.45) is 0 Å². The van der Waals surface area contributed by atoms with Gasteiger partial charge in [-0.2, -0.15) is 0 Å². The minimum absolute atomic E-state index is 0.0404. The van der Waals surface area contributed by atoms with E-state index in [4.69, 9.17) is 9.47 Å². The molecule has 0 N–H and O–H groups in total. The minimum atomic E-state index is 0.0404. The van der Waals surface area contributed by atoms with Crippen LogP contribution >= 0.6 is 0 Å². The van der Waals surface area contributed by atoms with E-state index < -0.39 is 0 Å². The summed E-state index contributed by atoms with van der Waals surface area (Å²) >= 11 is 0. The van der Waals surface area contributed by atoms with Crippen LogP contribution in [0.2, 0.25) is 0 Å². The zero-order chi connectivity index (χ0) is 11.9. The van der Waals surface area contributed by atoms with Gasteiger partial charge in [-0.3, -0.25) is 0 Å². The van der Waals surface area contributed by atoms with Gasteiger partial charge in [-0.1, -0.05) is 31.2 Å².